The molecule has 1 N–H and O–H groups in total. The number of aromatic carboxylic acids is 1. The van der Waals surface area contributed by atoms with Gasteiger partial charge in [-0.1, -0.05) is 6.92 Å². The van der Waals surface area contributed by atoms with Crippen LogP contribution in [0.1, 0.15) is 35.6 Å². The molecule has 5 heteroatoms. The summed E-state index contributed by atoms with van der Waals surface area (Å²) in [6.07, 6.45) is 0.712. The second-order valence-corrected chi connectivity index (χ2v) is 3.92. The summed E-state index contributed by atoms with van der Waals surface area (Å²) in [6.45, 7) is 6.42. The predicted octanol–water partition coefficient (Wildman–Crippen LogP) is 2.02. The van der Waals surface area contributed by atoms with Gasteiger partial charge in [0.15, 0.2) is 5.65 Å². The van der Waals surface area contributed by atoms with Crippen LogP contribution < -0.4 is 0 Å². The van der Waals surface area contributed by atoms with Crippen LogP contribution in [0.5, 0.6) is 0 Å². The molecular formula is C12H15N3O2. The average Bonchev–Trinajstić information content (AvgIpc) is 2.64. The molecule has 0 aliphatic carbocycles. The smallest absolute Gasteiger partial charge is 0.336 e. The molecule has 2 rings (SSSR count). The summed E-state index contributed by atoms with van der Waals surface area (Å²) in [6, 6.07) is 1.64. The molecule has 0 amide bonds. The summed E-state index contributed by atoms with van der Waals surface area (Å²) in [5, 5.41) is 14.2. The average molecular weight is 233 g/mol. The van der Waals surface area contributed by atoms with Crippen LogP contribution in [0.25, 0.3) is 11.0 Å². The van der Waals surface area contributed by atoms with E-state index in [-0.39, 0.29) is 0 Å². The van der Waals surface area contributed by atoms with Crippen molar-refractivity contribution in [1.29, 1.82) is 0 Å². The highest BCUT2D eigenvalue weighted by atomic mass is 16.4. The minimum Gasteiger partial charge on any atom is -0.478 e. The lowest BCUT2D eigenvalue weighted by molar-refractivity contribution is 0.0698. The Balaban J connectivity index is 2.87. The molecule has 0 aromatic carbocycles. The Bertz CT molecular complexity index is 587. The van der Waals surface area contributed by atoms with Crippen molar-refractivity contribution in [2.24, 2.45) is 0 Å². The van der Waals surface area contributed by atoms with Crippen molar-refractivity contribution in [3.63, 3.8) is 0 Å². The first-order valence-electron chi connectivity index (χ1n) is 5.68. The van der Waals surface area contributed by atoms with Crippen molar-refractivity contribution in [3.8, 4) is 0 Å². The van der Waals surface area contributed by atoms with Gasteiger partial charge in [-0.25, -0.2) is 14.5 Å². The molecule has 0 radical (unpaired) electrons. The lowest BCUT2D eigenvalue weighted by Crippen LogP contribution is -2.03. The molecule has 2 aromatic rings. The van der Waals surface area contributed by atoms with Crippen LogP contribution in [-0.2, 0) is 13.0 Å². The molecule has 5 nitrogen and oxygen atoms in total. The Kier molecular flexibility index (Phi) is 2.83. The van der Waals surface area contributed by atoms with E-state index in [4.69, 9.17) is 0 Å². The fourth-order valence-corrected chi connectivity index (χ4v) is 1.98. The molecule has 0 aliphatic rings. The first-order valence-corrected chi connectivity index (χ1v) is 5.68. The topological polar surface area (TPSA) is 68.0 Å². The van der Waals surface area contributed by atoms with Gasteiger partial charge >= 0.3 is 5.97 Å². The zero-order valence-corrected chi connectivity index (χ0v) is 10.2. The normalized spacial score (nSPS) is 11.0. The first-order chi connectivity index (χ1) is 8.08. The van der Waals surface area contributed by atoms with Gasteiger partial charge in [-0.3, -0.25) is 0 Å². The molecule has 0 fully saturated rings. The van der Waals surface area contributed by atoms with E-state index in [0.717, 1.165) is 11.4 Å². The van der Waals surface area contributed by atoms with Gasteiger partial charge in [-0.2, -0.15) is 5.10 Å². The minimum atomic E-state index is -0.925. The summed E-state index contributed by atoms with van der Waals surface area (Å²) in [5.41, 5.74) is 2.46. The third-order valence-electron chi connectivity index (χ3n) is 2.82. The van der Waals surface area contributed by atoms with E-state index >= 15 is 0 Å². The maximum Gasteiger partial charge on any atom is 0.336 e. The number of fused-ring (bicyclic) bond motifs is 1. The van der Waals surface area contributed by atoms with Crippen molar-refractivity contribution in [2.75, 3.05) is 0 Å². The molecule has 0 aliphatic heterocycles. The standard InChI is InChI=1S/C12H15N3O2/c1-4-8-6-9(12(16)17)10-7(3)14-15(5-2)11(10)13-8/h6H,4-5H2,1-3H3,(H,16,17). The molecule has 17 heavy (non-hydrogen) atoms. The van der Waals surface area contributed by atoms with Gasteiger partial charge in [-0.05, 0) is 26.3 Å². The summed E-state index contributed by atoms with van der Waals surface area (Å²) in [5.74, 6) is -0.925. The van der Waals surface area contributed by atoms with Crippen molar-refractivity contribution in [1.82, 2.24) is 14.8 Å². The zero-order valence-electron chi connectivity index (χ0n) is 10.2. The largest absolute Gasteiger partial charge is 0.478 e. The molecule has 90 valence electrons. The Morgan fingerprint density at radius 2 is 2.18 bits per heavy atom. The summed E-state index contributed by atoms with van der Waals surface area (Å²) >= 11 is 0. The van der Waals surface area contributed by atoms with Crippen LogP contribution >= 0.6 is 0 Å². The zero-order chi connectivity index (χ0) is 12.6. The maximum atomic E-state index is 11.3. The Morgan fingerprint density at radius 1 is 1.47 bits per heavy atom. The van der Waals surface area contributed by atoms with Crippen molar-refractivity contribution in [3.05, 3.63) is 23.0 Å². The van der Waals surface area contributed by atoms with Crippen molar-refractivity contribution < 1.29 is 9.90 Å². The van der Waals surface area contributed by atoms with E-state index in [9.17, 15) is 9.90 Å². The highest BCUT2D eigenvalue weighted by Crippen LogP contribution is 2.22. The van der Waals surface area contributed by atoms with Gasteiger partial charge < -0.3 is 5.11 Å². The van der Waals surface area contributed by atoms with E-state index in [0.29, 0.717) is 29.6 Å². The molecule has 0 saturated carbocycles. The Hall–Kier alpha value is -1.91. The van der Waals surface area contributed by atoms with Gasteiger partial charge in [0.05, 0.1) is 16.6 Å². The number of hydrogen-bond acceptors (Lipinski definition) is 3. The van der Waals surface area contributed by atoms with Crippen LogP contribution in [0.3, 0.4) is 0 Å². The van der Waals surface area contributed by atoms with Crippen LogP contribution in [0, 0.1) is 6.92 Å². The number of carboxylic acid groups (broad SMARTS) is 1. The fourth-order valence-electron chi connectivity index (χ4n) is 1.98. The third-order valence-corrected chi connectivity index (χ3v) is 2.82. The summed E-state index contributed by atoms with van der Waals surface area (Å²) < 4.78 is 1.75. The van der Waals surface area contributed by atoms with E-state index in [2.05, 4.69) is 10.1 Å². The van der Waals surface area contributed by atoms with E-state index < -0.39 is 5.97 Å². The number of nitrogens with zero attached hydrogens (tertiary/aromatic N) is 3. The molecule has 0 atom stereocenters. The van der Waals surface area contributed by atoms with Crippen molar-refractivity contribution in [2.45, 2.75) is 33.7 Å². The highest BCUT2D eigenvalue weighted by Gasteiger charge is 2.17. The number of hydrogen-bond donors (Lipinski definition) is 1. The number of pyridine rings is 1. The lowest BCUT2D eigenvalue weighted by Gasteiger charge is -2.03. The van der Waals surface area contributed by atoms with Gasteiger partial charge in [0.1, 0.15) is 0 Å². The number of carbonyl (C=O) groups is 1. The molecule has 2 heterocycles. The molecule has 0 spiro atoms. The maximum absolute atomic E-state index is 11.3. The van der Waals surface area contributed by atoms with E-state index in [1.165, 1.54) is 0 Å². The van der Waals surface area contributed by atoms with Crippen LogP contribution in [0.2, 0.25) is 0 Å². The van der Waals surface area contributed by atoms with Crippen LogP contribution in [0.15, 0.2) is 6.07 Å². The third kappa shape index (κ3) is 1.77. The quantitative estimate of drug-likeness (QED) is 0.880. The molecule has 0 unspecified atom stereocenters. The van der Waals surface area contributed by atoms with Gasteiger partial charge in [0.2, 0.25) is 0 Å². The SMILES string of the molecule is CCc1cc(C(=O)O)c2c(C)nn(CC)c2n1. The highest BCUT2D eigenvalue weighted by molar-refractivity contribution is 6.02. The molecule has 0 bridgehead atoms. The number of rotatable bonds is 3. The number of aromatic nitrogens is 3. The van der Waals surface area contributed by atoms with Crippen LogP contribution in [-0.4, -0.2) is 25.8 Å². The van der Waals surface area contributed by atoms with E-state index in [1.54, 1.807) is 10.7 Å². The first kappa shape index (κ1) is 11.6. The fraction of sp³-hybridized carbons (Fsp3) is 0.417. The van der Waals surface area contributed by atoms with Gasteiger partial charge in [0, 0.05) is 12.2 Å². The Morgan fingerprint density at radius 3 is 2.71 bits per heavy atom. The van der Waals surface area contributed by atoms with Crippen LogP contribution in [0.4, 0.5) is 0 Å². The number of carboxylic acids is 1. The monoisotopic (exact) mass is 233 g/mol. The van der Waals surface area contributed by atoms with Gasteiger partial charge in [0.25, 0.3) is 0 Å². The molecule has 0 saturated heterocycles. The summed E-state index contributed by atoms with van der Waals surface area (Å²) in [4.78, 5) is 15.7. The van der Waals surface area contributed by atoms with E-state index in [1.807, 2.05) is 20.8 Å². The molecular weight excluding hydrogens is 218 g/mol. The second kappa shape index (κ2) is 4.16. The predicted molar refractivity (Wildman–Crippen MR) is 64.3 cm³/mol. The Labute approximate surface area is 99.1 Å². The van der Waals surface area contributed by atoms with Crippen molar-refractivity contribution >= 4 is 17.0 Å². The lowest BCUT2D eigenvalue weighted by atomic mass is 10.1. The van der Waals surface area contributed by atoms with Gasteiger partial charge in [-0.15, -0.1) is 0 Å². The second-order valence-electron chi connectivity index (χ2n) is 3.92. The minimum absolute atomic E-state index is 0.295. The summed E-state index contributed by atoms with van der Waals surface area (Å²) in [7, 11) is 0. The number of aryl methyl sites for hydroxylation is 3. The molecule has 2 aromatic heterocycles.